The lowest BCUT2D eigenvalue weighted by Crippen LogP contribution is -2.13. The molecule has 1 heterocycles. The first-order chi connectivity index (χ1) is 11.5. The Morgan fingerprint density at radius 2 is 1.71 bits per heavy atom. The summed E-state index contributed by atoms with van der Waals surface area (Å²) in [7, 11) is 0. The Balaban J connectivity index is 1.60. The number of carbonyl (C=O) groups is 2. The molecule has 1 aromatic heterocycles. The molecule has 0 bridgehead atoms. The van der Waals surface area contributed by atoms with Gasteiger partial charge in [0, 0.05) is 33.8 Å². The van der Waals surface area contributed by atoms with Crippen LogP contribution in [0.4, 0.5) is 5.69 Å². The molecular weight excluding hydrogens is 318 g/mol. The van der Waals surface area contributed by atoms with Crippen LogP contribution >= 0.6 is 11.3 Å². The maximum absolute atomic E-state index is 12.2. The maximum atomic E-state index is 12.2. The molecule has 0 aliphatic heterocycles. The normalized spacial score (nSPS) is 10.8. The lowest BCUT2D eigenvalue weighted by atomic mass is 10.1. The number of hydrogen-bond donors (Lipinski definition) is 1. The van der Waals surface area contributed by atoms with Gasteiger partial charge in [0.15, 0.2) is 5.78 Å². The summed E-state index contributed by atoms with van der Waals surface area (Å²) in [4.78, 5) is 26.5. The molecule has 122 valence electrons. The largest absolute Gasteiger partial charge is 0.326 e. The second kappa shape index (κ2) is 6.97. The Hall–Kier alpha value is -2.46. The fourth-order valence-electron chi connectivity index (χ4n) is 2.76. The van der Waals surface area contributed by atoms with Crippen LogP contribution < -0.4 is 5.32 Å². The van der Waals surface area contributed by atoms with Crippen molar-refractivity contribution >= 4 is 39.5 Å². The van der Waals surface area contributed by atoms with Crippen molar-refractivity contribution in [3.05, 3.63) is 63.8 Å². The fourth-order valence-corrected chi connectivity index (χ4v) is 3.70. The van der Waals surface area contributed by atoms with Crippen LogP contribution in [0.3, 0.4) is 0 Å². The Morgan fingerprint density at radius 1 is 0.958 bits per heavy atom. The second-order valence-electron chi connectivity index (χ2n) is 5.86. The van der Waals surface area contributed by atoms with Crippen LogP contribution in [0.2, 0.25) is 0 Å². The van der Waals surface area contributed by atoms with Gasteiger partial charge in [0.05, 0.1) is 0 Å². The van der Waals surface area contributed by atoms with E-state index < -0.39 is 0 Å². The van der Waals surface area contributed by atoms with E-state index in [1.165, 1.54) is 0 Å². The molecule has 24 heavy (non-hydrogen) atoms. The number of aryl methyl sites for hydroxylation is 2. The number of Topliss-reactive ketones (excluding diaryl/α,β-unsaturated/α-hetero) is 1. The van der Waals surface area contributed by atoms with E-state index in [0.29, 0.717) is 0 Å². The van der Waals surface area contributed by atoms with Crippen LogP contribution in [0, 0.1) is 13.8 Å². The van der Waals surface area contributed by atoms with Gasteiger partial charge in [0.25, 0.3) is 0 Å². The minimum absolute atomic E-state index is 0.0329. The van der Waals surface area contributed by atoms with Crippen LogP contribution in [0.1, 0.15) is 33.0 Å². The van der Waals surface area contributed by atoms with Crippen LogP contribution in [0.5, 0.6) is 0 Å². The number of ketones is 1. The minimum Gasteiger partial charge on any atom is -0.326 e. The number of benzene rings is 2. The third kappa shape index (κ3) is 3.71. The van der Waals surface area contributed by atoms with E-state index in [2.05, 4.69) is 5.32 Å². The third-order valence-corrected chi connectivity index (χ3v) is 4.92. The molecule has 0 unspecified atom stereocenters. The van der Waals surface area contributed by atoms with E-state index in [0.717, 1.165) is 31.8 Å². The highest BCUT2D eigenvalue weighted by molar-refractivity contribution is 7.12. The molecule has 0 saturated heterocycles. The Morgan fingerprint density at radius 3 is 2.42 bits per heavy atom. The summed E-state index contributed by atoms with van der Waals surface area (Å²) < 4.78 is 0. The first-order valence-electron chi connectivity index (χ1n) is 7.92. The number of nitrogens with one attached hydrogen (secondary N) is 1. The van der Waals surface area contributed by atoms with Crippen molar-refractivity contribution in [1.82, 2.24) is 0 Å². The molecule has 3 aromatic rings. The van der Waals surface area contributed by atoms with E-state index in [4.69, 9.17) is 0 Å². The number of amides is 1. The fraction of sp³-hybridized carbons (Fsp3) is 0.200. The highest BCUT2D eigenvalue weighted by Crippen LogP contribution is 2.23. The summed E-state index contributed by atoms with van der Waals surface area (Å²) in [5.41, 5.74) is 1.50. The van der Waals surface area contributed by atoms with Crippen LogP contribution in [-0.4, -0.2) is 11.7 Å². The smallest absolute Gasteiger partial charge is 0.224 e. The molecule has 0 aliphatic rings. The van der Waals surface area contributed by atoms with Gasteiger partial charge in [-0.1, -0.05) is 30.3 Å². The SMILES string of the molecule is Cc1cc(C(=O)CCC(=O)Nc2ccc3ccccc3c2)c(C)s1. The van der Waals surface area contributed by atoms with Gasteiger partial charge in [-0.3, -0.25) is 9.59 Å². The monoisotopic (exact) mass is 337 g/mol. The number of carbonyl (C=O) groups excluding carboxylic acids is 2. The van der Waals surface area contributed by atoms with E-state index in [-0.39, 0.29) is 24.5 Å². The van der Waals surface area contributed by atoms with Crippen LogP contribution in [-0.2, 0) is 4.79 Å². The minimum atomic E-state index is -0.136. The maximum Gasteiger partial charge on any atom is 0.224 e. The van der Waals surface area contributed by atoms with Crippen LogP contribution in [0.15, 0.2) is 48.5 Å². The standard InChI is InChI=1S/C20H19NO2S/c1-13-11-18(14(2)24-13)19(22)9-10-20(23)21-17-8-7-15-5-3-4-6-16(15)12-17/h3-8,11-12H,9-10H2,1-2H3,(H,21,23). The summed E-state index contributed by atoms with van der Waals surface area (Å²) >= 11 is 1.61. The van der Waals surface area contributed by atoms with E-state index >= 15 is 0 Å². The van der Waals surface area contributed by atoms with Crippen molar-refractivity contribution in [2.45, 2.75) is 26.7 Å². The molecule has 0 fully saturated rings. The second-order valence-corrected chi connectivity index (χ2v) is 7.32. The van der Waals surface area contributed by atoms with Gasteiger partial charge in [-0.2, -0.15) is 0 Å². The van der Waals surface area contributed by atoms with Crippen molar-refractivity contribution in [2.24, 2.45) is 0 Å². The molecule has 3 rings (SSSR count). The summed E-state index contributed by atoms with van der Waals surface area (Å²) in [6.07, 6.45) is 0.427. The number of anilines is 1. The molecule has 0 saturated carbocycles. The Labute approximate surface area is 145 Å². The first-order valence-corrected chi connectivity index (χ1v) is 8.73. The van der Waals surface area contributed by atoms with Crippen LogP contribution in [0.25, 0.3) is 10.8 Å². The first kappa shape index (κ1) is 16.4. The van der Waals surface area contributed by atoms with E-state index in [1.807, 2.05) is 62.4 Å². The van der Waals surface area contributed by atoms with E-state index in [9.17, 15) is 9.59 Å². The molecular formula is C20H19NO2S. The van der Waals surface area contributed by atoms with Crippen molar-refractivity contribution in [3.8, 4) is 0 Å². The van der Waals surface area contributed by atoms with Gasteiger partial charge in [-0.25, -0.2) is 0 Å². The molecule has 0 spiro atoms. The van der Waals surface area contributed by atoms with Gasteiger partial charge in [0.2, 0.25) is 5.91 Å². The Kier molecular flexibility index (Phi) is 4.76. The predicted molar refractivity (Wildman–Crippen MR) is 99.9 cm³/mol. The van der Waals surface area contributed by atoms with Crippen molar-refractivity contribution in [3.63, 3.8) is 0 Å². The predicted octanol–water partition coefficient (Wildman–Crippen LogP) is 5.12. The highest BCUT2D eigenvalue weighted by atomic mass is 32.1. The average molecular weight is 337 g/mol. The zero-order valence-corrected chi connectivity index (χ0v) is 14.6. The summed E-state index contributed by atoms with van der Waals surface area (Å²) in [6, 6.07) is 15.7. The zero-order valence-electron chi connectivity index (χ0n) is 13.8. The molecule has 4 heteroatoms. The van der Waals surface area contributed by atoms with Gasteiger partial charge in [0.1, 0.15) is 0 Å². The number of fused-ring (bicyclic) bond motifs is 1. The molecule has 1 N–H and O–H groups in total. The molecule has 0 radical (unpaired) electrons. The molecule has 3 nitrogen and oxygen atoms in total. The van der Waals surface area contributed by atoms with Crippen molar-refractivity contribution in [1.29, 1.82) is 0 Å². The Bertz CT molecular complexity index is 911. The number of hydrogen-bond acceptors (Lipinski definition) is 3. The lowest BCUT2D eigenvalue weighted by Gasteiger charge is -2.06. The van der Waals surface area contributed by atoms with Gasteiger partial charge in [-0.15, -0.1) is 11.3 Å². The van der Waals surface area contributed by atoms with Crippen molar-refractivity contribution < 1.29 is 9.59 Å². The topological polar surface area (TPSA) is 46.2 Å². The summed E-state index contributed by atoms with van der Waals surface area (Å²) in [5, 5.41) is 5.08. The lowest BCUT2D eigenvalue weighted by molar-refractivity contribution is -0.116. The number of thiophene rings is 1. The van der Waals surface area contributed by atoms with Gasteiger partial charge < -0.3 is 5.32 Å². The van der Waals surface area contributed by atoms with Gasteiger partial charge in [-0.05, 0) is 42.8 Å². The molecule has 2 aromatic carbocycles. The van der Waals surface area contributed by atoms with Gasteiger partial charge >= 0.3 is 0 Å². The molecule has 0 aliphatic carbocycles. The highest BCUT2D eigenvalue weighted by Gasteiger charge is 2.14. The molecule has 0 atom stereocenters. The number of rotatable bonds is 5. The third-order valence-electron chi connectivity index (χ3n) is 3.95. The summed E-state index contributed by atoms with van der Waals surface area (Å²) in [6.45, 7) is 3.93. The average Bonchev–Trinajstić information content (AvgIpc) is 2.91. The van der Waals surface area contributed by atoms with Crippen molar-refractivity contribution in [2.75, 3.05) is 5.32 Å². The molecule has 1 amide bonds. The summed E-state index contributed by atoms with van der Waals surface area (Å²) in [5.74, 6) is -0.103. The van der Waals surface area contributed by atoms with E-state index in [1.54, 1.807) is 11.3 Å². The zero-order chi connectivity index (χ0) is 17.1. The quantitative estimate of drug-likeness (QED) is 0.657.